The highest BCUT2D eigenvalue weighted by Crippen LogP contribution is 2.34. The van der Waals surface area contributed by atoms with Crippen molar-refractivity contribution in [2.24, 2.45) is 5.92 Å². The Balaban J connectivity index is 1.86. The first-order chi connectivity index (χ1) is 12.8. The molecule has 5 nitrogen and oxygen atoms in total. The van der Waals surface area contributed by atoms with Crippen LogP contribution in [0, 0.1) is 5.92 Å². The Morgan fingerprint density at radius 3 is 2.19 bits per heavy atom. The van der Waals surface area contributed by atoms with Crippen LogP contribution in [0.1, 0.15) is 51.3 Å². The molecule has 27 heavy (non-hydrogen) atoms. The Morgan fingerprint density at radius 1 is 1.04 bits per heavy atom. The normalized spacial score (nSPS) is 13.3. The lowest BCUT2D eigenvalue weighted by Gasteiger charge is -2.15. The molecule has 0 aliphatic carbocycles. The molecule has 1 aliphatic rings. The first kappa shape index (κ1) is 19.4. The highest BCUT2D eigenvalue weighted by atomic mass is 35.5. The van der Waals surface area contributed by atoms with Crippen molar-refractivity contribution in [3.05, 3.63) is 63.1 Å². The highest BCUT2D eigenvalue weighted by Gasteiger charge is 2.37. The molecule has 0 N–H and O–H groups in total. The van der Waals surface area contributed by atoms with E-state index < -0.39 is 17.8 Å². The number of imide groups is 1. The van der Waals surface area contributed by atoms with Crippen LogP contribution < -0.4 is 4.90 Å². The fourth-order valence-corrected chi connectivity index (χ4v) is 3.04. The Kier molecular flexibility index (Phi) is 5.53. The summed E-state index contributed by atoms with van der Waals surface area (Å²) >= 11 is 11.9. The van der Waals surface area contributed by atoms with Crippen LogP contribution in [-0.4, -0.2) is 24.4 Å². The quantitative estimate of drug-likeness (QED) is 0.518. The maximum absolute atomic E-state index is 12.7. The van der Waals surface area contributed by atoms with Gasteiger partial charge in [0.05, 0.1) is 39.0 Å². The van der Waals surface area contributed by atoms with Gasteiger partial charge in [-0.25, -0.2) is 9.69 Å². The highest BCUT2D eigenvalue weighted by molar-refractivity contribution is 6.44. The monoisotopic (exact) mass is 405 g/mol. The molecule has 0 bridgehead atoms. The Bertz CT molecular complexity index is 899. The first-order valence-corrected chi connectivity index (χ1v) is 9.20. The maximum Gasteiger partial charge on any atom is 0.338 e. The Labute approximate surface area is 166 Å². The van der Waals surface area contributed by atoms with Crippen molar-refractivity contribution in [3.8, 4) is 0 Å². The van der Waals surface area contributed by atoms with E-state index in [1.165, 1.54) is 18.2 Å². The van der Waals surface area contributed by atoms with E-state index in [9.17, 15) is 14.4 Å². The summed E-state index contributed by atoms with van der Waals surface area (Å²) < 4.78 is 5.24. The number of rotatable bonds is 5. The van der Waals surface area contributed by atoms with E-state index in [-0.39, 0.29) is 32.4 Å². The van der Waals surface area contributed by atoms with E-state index >= 15 is 0 Å². The zero-order valence-electron chi connectivity index (χ0n) is 14.8. The van der Waals surface area contributed by atoms with Gasteiger partial charge in [0, 0.05) is 0 Å². The summed E-state index contributed by atoms with van der Waals surface area (Å²) in [6, 6.07) is 8.97. The molecule has 0 radical (unpaired) electrons. The molecular formula is C20H17Cl2NO4. The molecule has 2 aromatic rings. The third kappa shape index (κ3) is 3.84. The standard InChI is InChI=1S/C20H17Cl2NO4/c1-11(2)6-7-27-20(26)12-4-3-5-13(8-12)23-18(24)14-9-16(21)17(22)10-15(14)19(23)25/h3-5,8-11H,6-7H2,1-2H3. The van der Waals surface area contributed by atoms with E-state index in [1.54, 1.807) is 18.2 Å². The number of hydrogen-bond acceptors (Lipinski definition) is 4. The number of carbonyl (C=O) groups excluding carboxylic acids is 3. The van der Waals surface area contributed by atoms with Gasteiger partial charge in [0.2, 0.25) is 0 Å². The summed E-state index contributed by atoms with van der Waals surface area (Å²) in [5.41, 5.74) is 0.911. The lowest BCUT2D eigenvalue weighted by Crippen LogP contribution is -2.29. The van der Waals surface area contributed by atoms with Gasteiger partial charge in [0.15, 0.2) is 0 Å². The molecule has 0 aromatic heterocycles. The number of nitrogens with zero attached hydrogens (tertiary/aromatic N) is 1. The molecule has 1 aliphatic heterocycles. The number of halogens is 2. The average molecular weight is 406 g/mol. The molecule has 0 atom stereocenters. The Hall–Kier alpha value is -2.37. The molecule has 0 fully saturated rings. The summed E-state index contributed by atoms with van der Waals surface area (Å²) in [5, 5.41) is 0.391. The van der Waals surface area contributed by atoms with Gasteiger partial charge in [-0.2, -0.15) is 0 Å². The number of benzene rings is 2. The fraction of sp³-hybridized carbons (Fsp3) is 0.250. The minimum atomic E-state index is -0.515. The van der Waals surface area contributed by atoms with Crippen LogP contribution in [-0.2, 0) is 4.74 Å². The fourth-order valence-electron chi connectivity index (χ4n) is 2.71. The number of anilines is 1. The number of ether oxygens (including phenoxy) is 1. The van der Waals surface area contributed by atoms with E-state index in [4.69, 9.17) is 27.9 Å². The van der Waals surface area contributed by atoms with Gasteiger partial charge in [0.1, 0.15) is 0 Å². The maximum atomic E-state index is 12.7. The molecule has 1 heterocycles. The van der Waals surface area contributed by atoms with E-state index in [1.807, 2.05) is 13.8 Å². The molecule has 2 aromatic carbocycles. The van der Waals surface area contributed by atoms with E-state index in [0.29, 0.717) is 12.5 Å². The van der Waals surface area contributed by atoms with Crippen molar-refractivity contribution in [3.63, 3.8) is 0 Å². The number of amides is 2. The van der Waals surface area contributed by atoms with Crippen molar-refractivity contribution in [1.82, 2.24) is 0 Å². The zero-order chi connectivity index (χ0) is 19.7. The van der Waals surface area contributed by atoms with Crippen molar-refractivity contribution >= 4 is 46.7 Å². The SMILES string of the molecule is CC(C)CCOC(=O)c1cccc(N2C(=O)c3cc(Cl)c(Cl)cc3C2=O)c1. The topological polar surface area (TPSA) is 63.7 Å². The van der Waals surface area contributed by atoms with Gasteiger partial charge < -0.3 is 4.74 Å². The average Bonchev–Trinajstić information content (AvgIpc) is 2.85. The Morgan fingerprint density at radius 2 is 1.63 bits per heavy atom. The first-order valence-electron chi connectivity index (χ1n) is 8.44. The van der Waals surface area contributed by atoms with Gasteiger partial charge in [-0.3, -0.25) is 9.59 Å². The minimum absolute atomic E-state index is 0.180. The lowest BCUT2D eigenvalue weighted by atomic mass is 10.1. The van der Waals surface area contributed by atoms with Crippen LogP contribution in [0.25, 0.3) is 0 Å². The molecule has 2 amide bonds. The molecular weight excluding hydrogens is 389 g/mol. The van der Waals surface area contributed by atoms with Crippen LogP contribution in [0.15, 0.2) is 36.4 Å². The van der Waals surface area contributed by atoms with Crippen LogP contribution in [0.5, 0.6) is 0 Å². The van der Waals surface area contributed by atoms with E-state index in [0.717, 1.165) is 11.3 Å². The summed E-state index contributed by atoms with van der Waals surface area (Å²) in [5.74, 6) is -1.11. The number of esters is 1. The lowest BCUT2D eigenvalue weighted by molar-refractivity contribution is 0.0487. The summed E-state index contributed by atoms with van der Waals surface area (Å²) in [6.07, 6.45) is 0.755. The number of carbonyl (C=O) groups is 3. The molecule has 140 valence electrons. The van der Waals surface area contributed by atoms with Crippen molar-refractivity contribution < 1.29 is 19.1 Å². The molecule has 0 unspecified atom stereocenters. The van der Waals surface area contributed by atoms with Gasteiger partial charge in [0.25, 0.3) is 11.8 Å². The van der Waals surface area contributed by atoms with Crippen molar-refractivity contribution in [2.75, 3.05) is 11.5 Å². The van der Waals surface area contributed by atoms with Crippen LogP contribution in [0.2, 0.25) is 10.0 Å². The largest absolute Gasteiger partial charge is 0.462 e. The predicted molar refractivity (Wildman–Crippen MR) is 104 cm³/mol. The number of hydrogen-bond donors (Lipinski definition) is 0. The summed E-state index contributed by atoms with van der Waals surface area (Å²) in [4.78, 5) is 38.6. The number of fused-ring (bicyclic) bond motifs is 1. The summed E-state index contributed by atoms with van der Waals surface area (Å²) in [6.45, 7) is 4.38. The molecule has 3 rings (SSSR count). The molecule has 0 saturated heterocycles. The molecule has 0 spiro atoms. The smallest absolute Gasteiger partial charge is 0.338 e. The molecule has 7 heteroatoms. The van der Waals surface area contributed by atoms with Crippen LogP contribution >= 0.6 is 23.2 Å². The van der Waals surface area contributed by atoms with Gasteiger partial charge in [-0.15, -0.1) is 0 Å². The third-order valence-electron chi connectivity index (χ3n) is 4.20. The summed E-state index contributed by atoms with van der Waals surface area (Å²) in [7, 11) is 0. The second kappa shape index (κ2) is 7.71. The van der Waals surface area contributed by atoms with E-state index in [2.05, 4.69) is 0 Å². The third-order valence-corrected chi connectivity index (χ3v) is 4.92. The predicted octanol–water partition coefficient (Wildman–Crippen LogP) is 5.00. The van der Waals surface area contributed by atoms with Gasteiger partial charge in [-0.1, -0.05) is 43.1 Å². The zero-order valence-corrected chi connectivity index (χ0v) is 16.3. The minimum Gasteiger partial charge on any atom is -0.462 e. The van der Waals surface area contributed by atoms with Crippen LogP contribution in [0.4, 0.5) is 5.69 Å². The van der Waals surface area contributed by atoms with Crippen molar-refractivity contribution in [1.29, 1.82) is 0 Å². The van der Waals surface area contributed by atoms with Gasteiger partial charge in [-0.05, 0) is 42.7 Å². The van der Waals surface area contributed by atoms with Crippen molar-refractivity contribution in [2.45, 2.75) is 20.3 Å². The van der Waals surface area contributed by atoms with Crippen LogP contribution in [0.3, 0.4) is 0 Å². The molecule has 0 saturated carbocycles. The second-order valence-electron chi connectivity index (χ2n) is 6.63. The second-order valence-corrected chi connectivity index (χ2v) is 7.44. The van der Waals surface area contributed by atoms with Gasteiger partial charge >= 0.3 is 5.97 Å².